The molecule has 0 aromatic heterocycles. The lowest BCUT2D eigenvalue weighted by Gasteiger charge is -2.05. The molecule has 0 amide bonds. The molecule has 0 spiro atoms. The summed E-state index contributed by atoms with van der Waals surface area (Å²) in [7, 11) is 0. The van der Waals surface area contributed by atoms with Crippen molar-refractivity contribution in [2.75, 3.05) is 6.61 Å². The molecular weight excluding hydrogens is 234 g/mol. The average molecular weight is 244 g/mol. The van der Waals surface area contributed by atoms with Crippen molar-refractivity contribution in [2.24, 2.45) is 0 Å². The van der Waals surface area contributed by atoms with Gasteiger partial charge in [-0.3, -0.25) is 10.1 Å². The number of nitro groups is 1. The first-order chi connectivity index (χ1) is 7.69. The highest BCUT2D eigenvalue weighted by Gasteiger charge is 2.14. The summed E-state index contributed by atoms with van der Waals surface area (Å²) in [5, 5.41) is 19.6. The van der Waals surface area contributed by atoms with Crippen molar-refractivity contribution in [3.63, 3.8) is 0 Å². The zero-order valence-electron chi connectivity index (χ0n) is 8.30. The fourth-order valence-electron chi connectivity index (χ4n) is 1.10. The number of rotatable bonds is 5. The van der Waals surface area contributed by atoms with Crippen LogP contribution in [-0.4, -0.2) is 16.6 Å². The Morgan fingerprint density at radius 1 is 1.56 bits per heavy atom. The molecule has 1 aromatic carbocycles. The third kappa shape index (κ3) is 3.22. The largest absolute Gasteiger partial charge is 0.483 e. The quantitative estimate of drug-likeness (QED) is 0.636. The Morgan fingerprint density at radius 3 is 2.88 bits per heavy atom. The summed E-state index contributed by atoms with van der Waals surface area (Å²) >= 11 is 5.29. The third-order valence-corrected chi connectivity index (χ3v) is 2.01. The van der Waals surface area contributed by atoms with Crippen LogP contribution in [-0.2, 0) is 6.61 Å². The number of aliphatic hydroxyl groups is 1. The molecule has 0 heterocycles. The SMILES string of the molecule is O=[N+]([O-])c1ccc(CO)cc1OCC=CCl. The fourth-order valence-corrected chi connectivity index (χ4v) is 1.17. The van der Waals surface area contributed by atoms with Crippen LogP contribution in [0.25, 0.3) is 0 Å². The van der Waals surface area contributed by atoms with E-state index in [2.05, 4.69) is 0 Å². The Balaban J connectivity index is 2.95. The molecule has 0 aliphatic rings. The van der Waals surface area contributed by atoms with E-state index in [0.717, 1.165) is 0 Å². The minimum Gasteiger partial charge on any atom is -0.483 e. The maximum Gasteiger partial charge on any atom is 0.310 e. The molecule has 0 radical (unpaired) electrons. The van der Waals surface area contributed by atoms with Crippen molar-refractivity contribution in [2.45, 2.75) is 6.61 Å². The van der Waals surface area contributed by atoms with Gasteiger partial charge in [0, 0.05) is 11.6 Å². The van der Waals surface area contributed by atoms with Gasteiger partial charge >= 0.3 is 5.69 Å². The Labute approximate surface area is 97.1 Å². The molecule has 0 unspecified atom stereocenters. The number of ether oxygens (including phenoxy) is 1. The third-order valence-electron chi connectivity index (χ3n) is 1.83. The van der Waals surface area contributed by atoms with Crippen LogP contribution < -0.4 is 4.74 Å². The molecular formula is C10H10ClNO4. The van der Waals surface area contributed by atoms with E-state index in [-0.39, 0.29) is 24.7 Å². The number of halogens is 1. The minimum atomic E-state index is -0.541. The number of hydrogen-bond acceptors (Lipinski definition) is 4. The zero-order valence-corrected chi connectivity index (χ0v) is 9.05. The molecule has 1 rings (SSSR count). The van der Waals surface area contributed by atoms with Crippen LogP contribution in [0, 0.1) is 10.1 Å². The number of nitrogens with zero attached hydrogens (tertiary/aromatic N) is 1. The van der Waals surface area contributed by atoms with E-state index in [0.29, 0.717) is 5.56 Å². The molecule has 0 aliphatic carbocycles. The number of aliphatic hydroxyl groups excluding tert-OH is 1. The summed E-state index contributed by atoms with van der Waals surface area (Å²) in [4.78, 5) is 10.1. The second-order valence-corrected chi connectivity index (χ2v) is 3.14. The molecule has 0 bridgehead atoms. The van der Waals surface area contributed by atoms with Crippen molar-refractivity contribution in [3.8, 4) is 5.75 Å². The first kappa shape index (κ1) is 12.5. The Kier molecular flexibility index (Phi) is 4.75. The van der Waals surface area contributed by atoms with Crippen LogP contribution >= 0.6 is 11.6 Å². The normalized spacial score (nSPS) is 10.6. The predicted octanol–water partition coefficient (Wildman–Crippen LogP) is 2.22. The average Bonchev–Trinajstić information content (AvgIpc) is 2.29. The lowest BCUT2D eigenvalue weighted by Crippen LogP contribution is -1.99. The molecule has 5 nitrogen and oxygen atoms in total. The van der Waals surface area contributed by atoms with Crippen molar-refractivity contribution in [3.05, 3.63) is 45.5 Å². The summed E-state index contributed by atoms with van der Waals surface area (Å²) in [5.41, 5.74) is 1.68. The van der Waals surface area contributed by atoms with Crippen molar-refractivity contribution >= 4 is 17.3 Å². The number of benzene rings is 1. The molecule has 16 heavy (non-hydrogen) atoms. The van der Waals surface area contributed by atoms with Gasteiger partial charge in [-0.25, -0.2) is 0 Å². The summed E-state index contributed by atoms with van der Waals surface area (Å²) in [6.07, 6.45) is 1.51. The predicted molar refractivity (Wildman–Crippen MR) is 59.5 cm³/mol. The molecule has 6 heteroatoms. The molecule has 0 saturated heterocycles. The van der Waals surface area contributed by atoms with Crippen molar-refractivity contribution in [1.29, 1.82) is 0 Å². The lowest BCUT2D eigenvalue weighted by molar-refractivity contribution is -0.385. The number of hydrogen-bond donors (Lipinski definition) is 1. The second kappa shape index (κ2) is 6.09. The van der Waals surface area contributed by atoms with Crippen molar-refractivity contribution in [1.82, 2.24) is 0 Å². The van der Waals surface area contributed by atoms with Gasteiger partial charge in [0.05, 0.1) is 11.5 Å². The van der Waals surface area contributed by atoms with E-state index in [9.17, 15) is 10.1 Å². The van der Waals surface area contributed by atoms with Crippen LogP contribution in [0.4, 0.5) is 5.69 Å². The first-order valence-electron chi connectivity index (χ1n) is 4.45. The van der Waals surface area contributed by atoms with Gasteiger partial charge in [-0.15, -0.1) is 0 Å². The highest BCUT2D eigenvalue weighted by atomic mass is 35.5. The van der Waals surface area contributed by atoms with Crippen LogP contribution in [0.5, 0.6) is 5.75 Å². The van der Waals surface area contributed by atoms with Gasteiger partial charge in [-0.2, -0.15) is 0 Å². The highest BCUT2D eigenvalue weighted by molar-refractivity contribution is 6.25. The molecule has 0 fully saturated rings. The first-order valence-corrected chi connectivity index (χ1v) is 4.89. The van der Waals surface area contributed by atoms with Crippen LogP contribution in [0.15, 0.2) is 29.8 Å². The van der Waals surface area contributed by atoms with E-state index < -0.39 is 4.92 Å². The second-order valence-electron chi connectivity index (χ2n) is 2.89. The molecule has 86 valence electrons. The summed E-state index contributed by atoms with van der Waals surface area (Å²) in [6.45, 7) is -0.0566. The molecule has 1 N–H and O–H groups in total. The molecule has 0 atom stereocenters. The van der Waals surface area contributed by atoms with E-state index in [1.165, 1.54) is 29.8 Å². The lowest BCUT2D eigenvalue weighted by atomic mass is 10.2. The molecule has 1 aromatic rings. The van der Waals surface area contributed by atoms with Gasteiger partial charge in [0.15, 0.2) is 5.75 Å². The van der Waals surface area contributed by atoms with E-state index in [1.54, 1.807) is 0 Å². The van der Waals surface area contributed by atoms with Gasteiger partial charge in [0.2, 0.25) is 0 Å². The monoisotopic (exact) mass is 243 g/mol. The van der Waals surface area contributed by atoms with E-state index in [4.69, 9.17) is 21.4 Å². The van der Waals surface area contributed by atoms with Crippen molar-refractivity contribution < 1.29 is 14.8 Å². The fraction of sp³-hybridized carbons (Fsp3) is 0.200. The Morgan fingerprint density at radius 2 is 2.31 bits per heavy atom. The standard InChI is InChI=1S/C10H10ClNO4/c11-4-1-5-16-10-6-8(7-13)2-3-9(10)12(14)15/h1-4,6,13H,5,7H2. The Bertz CT molecular complexity index is 406. The van der Waals surface area contributed by atoms with Crippen LogP contribution in [0.1, 0.15) is 5.56 Å². The van der Waals surface area contributed by atoms with Gasteiger partial charge in [0.1, 0.15) is 6.61 Å². The minimum absolute atomic E-state index is 0.117. The van der Waals surface area contributed by atoms with Gasteiger partial charge < -0.3 is 9.84 Å². The maximum absolute atomic E-state index is 10.7. The van der Waals surface area contributed by atoms with Gasteiger partial charge in [0.25, 0.3) is 0 Å². The maximum atomic E-state index is 10.7. The topological polar surface area (TPSA) is 72.6 Å². The summed E-state index contributed by atoms with van der Waals surface area (Å²) < 4.78 is 5.16. The zero-order chi connectivity index (χ0) is 12.0. The Hall–Kier alpha value is -1.59. The van der Waals surface area contributed by atoms with Crippen LogP contribution in [0.3, 0.4) is 0 Å². The summed E-state index contributed by atoms with van der Waals surface area (Å²) in [6, 6.07) is 4.20. The van der Waals surface area contributed by atoms with E-state index in [1.807, 2.05) is 0 Å². The van der Waals surface area contributed by atoms with E-state index >= 15 is 0 Å². The summed E-state index contributed by atoms with van der Waals surface area (Å²) in [5.74, 6) is 0.117. The smallest absolute Gasteiger partial charge is 0.310 e. The van der Waals surface area contributed by atoms with Gasteiger partial charge in [-0.1, -0.05) is 11.6 Å². The molecule has 0 saturated carbocycles. The highest BCUT2D eigenvalue weighted by Crippen LogP contribution is 2.27. The molecule has 0 aliphatic heterocycles. The van der Waals surface area contributed by atoms with Crippen LogP contribution in [0.2, 0.25) is 0 Å². The van der Waals surface area contributed by atoms with Gasteiger partial charge in [-0.05, 0) is 23.8 Å². The number of nitro benzene ring substituents is 1.